The van der Waals surface area contributed by atoms with Crippen molar-refractivity contribution in [3.63, 3.8) is 0 Å². The molecule has 30 heavy (non-hydrogen) atoms. The molecule has 1 saturated heterocycles. The van der Waals surface area contributed by atoms with Gasteiger partial charge in [0.25, 0.3) is 5.91 Å². The van der Waals surface area contributed by atoms with E-state index in [2.05, 4.69) is 22.2 Å². The van der Waals surface area contributed by atoms with Crippen LogP contribution in [-0.4, -0.2) is 61.4 Å². The van der Waals surface area contributed by atoms with E-state index < -0.39 is 0 Å². The van der Waals surface area contributed by atoms with Crippen LogP contribution < -0.4 is 10.2 Å². The number of halogens is 4. The van der Waals surface area contributed by atoms with Gasteiger partial charge in [0.05, 0.1) is 29.2 Å². The standard InChI is InChI=1S/C19H22N4O2S.4ClH/c1-13-18-14(12-26-13)19(25)20-15-5-3-4-6-16(15)23(18)17(24)11-22-9-7-21(2)8-10-22;;;;/h3-6,12H,7-11H2,1-2H3,(H,20,25);4*1H. The highest BCUT2D eigenvalue weighted by Gasteiger charge is 2.32. The molecule has 0 unspecified atom stereocenters. The molecule has 11 heteroatoms. The van der Waals surface area contributed by atoms with Gasteiger partial charge in [0.2, 0.25) is 5.91 Å². The van der Waals surface area contributed by atoms with Gasteiger partial charge >= 0.3 is 0 Å². The maximum atomic E-state index is 13.3. The molecule has 0 aliphatic carbocycles. The zero-order valence-electron chi connectivity index (χ0n) is 16.6. The fourth-order valence-electron chi connectivity index (χ4n) is 3.50. The molecule has 2 amide bonds. The van der Waals surface area contributed by atoms with E-state index in [4.69, 9.17) is 0 Å². The predicted molar refractivity (Wildman–Crippen MR) is 134 cm³/mol. The largest absolute Gasteiger partial charge is 0.320 e. The van der Waals surface area contributed by atoms with Crippen molar-refractivity contribution in [3.8, 4) is 0 Å². The van der Waals surface area contributed by atoms with Crippen molar-refractivity contribution in [1.82, 2.24) is 9.80 Å². The van der Waals surface area contributed by atoms with Gasteiger partial charge in [0.1, 0.15) is 0 Å². The van der Waals surface area contributed by atoms with Gasteiger partial charge in [-0.1, -0.05) is 12.1 Å². The third-order valence-corrected chi connectivity index (χ3v) is 5.91. The SMILES string of the molecule is Cc1scc2c1N(C(=O)CN1CCN(C)CC1)c1ccccc1NC2=O.Cl.Cl.Cl.Cl. The number of fused-ring (bicyclic) bond motifs is 2. The van der Waals surface area contributed by atoms with Crippen LogP contribution in [0, 0.1) is 6.92 Å². The number of amides is 2. The van der Waals surface area contributed by atoms with Crippen LogP contribution in [0.5, 0.6) is 0 Å². The summed E-state index contributed by atoms with van der Waals surface area (Å²) in [6, 6.07) is 7.50. The Morgan fingerprint density at radius 2 is 1.70 bits per heavy atom. The number of hydrogen-bond donors (Lipinski definition) is 1. The normalized spacial score (nSPS) is 15.7. The summed E-state index contributed by atoms with van der Waals surface area (Å²) in [5.74, 6) is -0.159. The molecule has 0 saturated carbocycles. The molecule has 2 aliphatic heterocycles. The van der Waals surface area contributed by atoms with Gasteiger partial charge in [-0.25, -0.2) is 0 Å². The quantitative estimate of drug-likeness (QED) is 0.650. The number of rotatable bonds is 2. The van der Waals surface area contributed by atoms with Crippen molar-refractivity contribution in [2.75, 3.05) is 50.0 Å². The zero-order valence-corrected chi connectivity index (χ0v) is 20.7. The molecule has 4 rings (SSSR count). The van der Waals surface area contributed by atoms with Gasteiger partial charge in [-0.3, -0.25) is 19.4 Å². The van der Waals surface area contributed by atoms with E-state index in [9.17, 15) is 9.59 Å². The monoisotopic (exact) mass is 514 g/mol. The smallest absolute Gasteiger partial charge is 0.258 e. The Labute approximate surface area is 205 Å². The number of anilines is 3. The second-order valence-corrected chi connectivity index (χ2v) is 7.92. The minimum absolute atomic E-state index is 0. The van der Waals surface area contributed by atoms with Crippen molar-refractivity contribution >= 4 is 89.8 Å². The zero-order chi connectivity index (χ0) is 18.3. The molecule has 3 heterocycles. The Morgan fingerprint density at radius 1 is 1.07 bits per heavy atom. The van der Waals surface area contributed by atoms with Crippen molar-refractivity contribution in [2.24, 2.45) is 0 Å². The molecule has 1 fully saturated rings. The number of piperazine rings is 1. The maximum absolute atomic E-state index is 13.3. The molecule has 0 spiro atoms. The van der Waals surface area contributed by atoms with Gasteiger partial charge < -0.3 is 10.2 Å². The van der Waals surface area contributed by atoms with Crippen LogP contribution in [0.25, 0.3) is 0 Å². The van der Waals surface area contributed by atoms with Crippen LogP contribution in [0.1, 0.15) is 15.2 Å². The fraction of sp³-hybridized carbons (Fsp3) is 0.368. The first-order valence-electron chi connectivity index (χ1n) is 8.77. The van der Waals surface area contributed by atoms with Gasteiger partial charge in [0, 0.05) is 36.4 Å². The fourth-order valence-corrected chi connectivity index (χ4v) is 4.33. The highest BCUT2D eigenvalue weighted by Crippen LogP contribution is 2.42. The number of thiophene rings is 1. The Morgan fingerprint density at radius 3 is 2.37 bits per heavy atom. The number of aryl methyl sites for hydroxylation is 1. The number of benzene rings is 1. The van der Waals surface area contributed by atoms with Crippen LogP contribution in [0.15, 0.2) is 29.6 Å². The van der Waals surface area contributed by atoms with Gasteiger partial charge in [-0.05, 0) is 26.1 Å². The molecule has 2 aromatic rings. The summed E-state index contributed by atoms with van der Waals surface area (Å²) >= 11 is 1.50. The lowest BCUT2D eigenvalue weighted by atomic mass is 10.2. The molecule has 1 N–H and O–H groups in total. The minimum Gasteiger partial charge on any atom is -0.320 e. The van der Waals surface area contributed by atoms with Crippen molar-refractivity contribution in [2.45, 2.75) is 6.92 Å². The number of carbonyl (C=O) groups excluding carboxylic acids is 2. The first-order valence-corrected chi connectivity index (χ1v) is 9.65. The summed E-state index contributed by atoms with van der Waals surface area (Å²) in [5, 5.41) is 4.78. The maximum Gasteiger partial charge on any atom is 0.258 e. The number of hydrogen-bond acceptors (Lipinski definition) is 5. The van der Waals surface area contributed by atoms with E-state index in [0.29, 0.717) is 17.8 Å². The number of para-hydroxylation sites is 2. The summed E-state index contributed by atoms with van der Waals surface area (Å²) in [5.41, 5.74) is 2.69. The topological polar surface area (TPSA) is 55.9 Å². The van der Waals surface area contributed by atoms with E-state index in [1.54, 1.807) is 4.90 Å². The predicted octanol–water partition coefficient (Wildman–Crippen LogP) is 4.22. The van der Waals surface area contributed by atoms with Crippen LogP contribution in [0.3, 0.4) is 0 Å². The number of likely N-dealkylation sites (N-methyl/N-ethyl adjacent to an activating group) is 1. The Bertz CT molecular complexity index is 872. The Kier molecular flexibility index (Phi) is 11.7. The molecular weight excluding hydrogens is 490 g/mol. The highest BCUT2D eigenvalue weighted by atomic mass is 35.5. The lowest BCUT2D eigenvalue weighted by molar-refractivity contribution is -0.119. The number of carbonyl (C=O) groups is 2. The summed E-state index contributed by atoms with van der Waals surface area (Å²) < 4.78 is 0. The minimum atomic E-state index is -0.160. The molecule has 2 aliphatic rings. The average Bonchev–Trinajstić information content (AvgIpc) is 2.94. The summed E-state index contributed by atoms with van der Waals surface area (Å²) in [6.07, 6.45) is 0. The van der Waals surface area contributed by atoms with E-state index in [1.165, 1.54) is 11.3 Å². The molecular formula is C19H26Cl4N4O2S. The molecule has 0 radical (unpaired) electrons. The third kappa shape index (κ3) is 5.59. The van der Waals surface area contributed by atoms with Crippen LogP contribution in [0.2, 0.25) is 0 Å². The van der Waals surface area contributed by atoms with Gasteiger partial charge in [0.15, 0.2) is 0 Å². The second kappa shape index (κ2) is 12.1. The van der Waals surface area contributed by atoms with E-state index in [1.807, 2.05) is 36.6 Å². The number of nitrogens with zero attached hydrogens (tertiary/aromatic N) is 3. The molecule has 1 aromatic carbocycles. The van der Waals surface area contributed by atoms with Gasteiger partial charge in [-0.15, -0.1) is 61.0 Å². The Hall–Kier alpha value is -1.06. The molecule has 0 bridgehead atoms. The highest BCUT2D eigenvalue weighted by molar-refractivity contribution is 7.11. The first kappa shape index (κ1) is 28.9. The summed E-state index contributed by atoms with van der Waals surface area (Å²) in [6.45, 7) is 6.00. The summed E-state index contributed by atoms with van der Waals surface area (Å²) in [7, 11) is 2.10. The van der Waals surface area contributed by atoms with Crippen molar-refractivity contribution in [1.29, 1.82) is 0 Å². The van der Waals surface area contributed by atoms with Crippen LogP contribution in [0.4, 0.5) is 17.1 Å². The van der Waals surface area contributed by atoms with Crippen LogP contribution >= 0.6 is 61.0 Å². The average molecular weight is 516 g/mol. The molecule has 0 atom stereocenters. The molecule has 1 aromatic heterocycles. The first-order chi connectivity index (χ1) is 12.5. The van der Waals surface area contributed by atoms with E-state index in [-0.39, 0.29) is 61.4 Å². The van der Waals surface area contributed by atoms with Crippen LogP contribution in [-0.2, 0) is 4.79 Å². The molecule has 168 valence electrons. The molecule has 6 nitrogen and oxygen atoms in total. The number of nitrogens with one attached hydrogen (secondary N) is 1. The lowest BCUT2D eigenvalue weighted by Gasteiger charge is -2.33. The van der Waals surface area contributed by atoms with Crippen molar-refractivity contribution in [3.05, 3.63) is 40.1 Å². The van der Waals surface area contributed by atoms with Gasteiger partial charge in [-0.2, -0.15) is 0 Å². The second-order valence-electron chi connectivity index (χ2n) is 6.83. The Balaban J connectivity index is 0.00000210. The lowest BCUT2D eigenvalue weighted by Crippen LogP contribution is -2.48. The van der Waals surface area contributed by atoms with E-state index in [0.717, 1.165) is 42.4 Å². The third-order valence-electron chi connectivity index (χ3n) is 5.01. The van der Waals surface area contributed by atoms with Crippen molar-refractivity contribution < 1.29 is 9.59 Å². The summed E-state index contributed by atoms with van der Waals surface area (Å²) in [4.78, 5) is 33.1. The van der Waals surface area contributed by atoms with E-state index >= 15 is 0 Å².